The summed E-state index contributed by atoms with van der Waals surface area (Å²) >= 11 is 5.97. The fraction of sp³-hybridized carbons (Fsp3) is 0.261. The second-order valence-corrected chi connectivity index (χ2v) is 10.7. The van der Waals surface area contributed by atoms with E-state index in [1.54, 1.807) is 37.2 Å². The first-order valence-corrected chi connectivity index (χ1v) is 13.1. The number of amides is 1. The van der Waals surface area contributed by atoms with Crippen LogP contribution in [0.4, 0.5) is 5.69 Å². The van der Waals surface area contributed by atoms with Crippen LogP contribution in [0.25, 0.3) is 22.3 Å². The molecule has 2 N–H and O–H groups in total. The lowest BCUT2D eigenvalue weighted by molar-refractivity contribution is 0.0977. The number of carbonyl (C=O) groups is 1. The standard InChI is InChI=1S/C23H24ClN7O4S/c1-12-8-15(13(2)26-17-6-7-18(24)27-20(17)22(32)29-36(5,34)35)19-16(9-12)23(33)31(4)21(28-19)14-10-25-30(3)11-14/h6-11,13,26H,1-5H3,(H,29,32)/t13-/m1/s1. The molecule has 0 saturated carbocycles. The van der Waals surface area contributed by atoms with Crippen molar-refractivity contribution in [1.82, 2.24) is 29.0 Å². The Balaban J connectivity index is 1.83. The van der Waals surface area contributed by atoms with E-state index in [2.05, 4.69) is 15.4 Å². The fourth-order valence-electron chi connectivity index (χ4n) is 3.93. The Morgan fingerprint density at radius 2 is 1.89 bits per heavy atom. The summed E-state index contributed by atoms with van der Waals surface area (Å²) in [6.45, 7) is 3.71. The molecule has 0 radical (unpaired) electrons. The average molecular weight is 530 g/mol. The summed E-state index contributed by atoms with van der Waals surface area (Å²) in [6, 6.07) is 6.24. The van der Waals surface area contributed by atoms with Crippen molar-refractivity contribution in [3.63, 3.8) is 0 Å². The van der Waals surface area contributed by atoms with Crippen LogP contribution in [0, 0.1) is 6.92 Å². The normalized spacial score (nSPS) is 12.5. The number of hydrogen-bond donors (Lipinski definition) is 2. The van der Waals surface area contributed by atoms with Gasteiger partial charge in [-0.3, -0.25) is 18.8 Å². The summed E-state index contributed by atoms with van der Waals surface area (Å²) in [4.78, 5) is 34.7. The van der Waals surface area contributed by atoms with Crippen LogP contribution in [0.15, 0.2) is 41.5 Å². The van der Waals surface area contributed by atoms with Crippen molar-refractivity contribution in [2.75, 3.05) is 11.6 Å². The Morgan fingerprint density at radius 1 is 1.17 bits per heavy atom. The number of benzene rings is 1. The number of pyridine rings is 1. The maximum Gasteiger partial charge on any atom is 0.285 e. The molecule has 0 unspecified atom stereocenters. The SMILES string of the molecule is Cc1cc([C@@H](C)Nc2ccc(Cl)nc2C(=O)NS(C)(=O)=O)c2nc(-c3cnn(C)c3)n(C)c(=O)c2c1. The lowest BCUT2D eigenvalue weighted by Gasteiger charge is -2.20. The predicted octanol–water partition coefficient (Wildman–Crippen LogP) is 2.55. The number of aromatic nitrogens is 5. The molecule has 0 aliphatic rings. The largest absolute Gasteiger partial charge is 0.377 e. The third-order valence-corrected chi connectivity index (χ3v) is 6.28. The number of nitrogens with one attached hydrogen (secondary N) is 2. The Hall–Kier alpha value is -3.77. The summed E-state index contributed by atoms with van der Waals surface area (Å²) in [5, 5.41) is 7.85. The first-order valence-electron chi connectivity index (χ1n) is 10.8. The van der Waals surface area contributed by atoms with E-state index in [1.165, 1.54) is 16.7 Å². The molecule has 1 amide bonds. The quantitative estimate of drug-likeness (QED) is 0.363. The van der Waals surface area contributed by atoms with E-state index in [4.69, 9.17) is 16.6 Å². The molecule has 1 atom stereocenters. The first-order chi connectivity index (χ1) is 16.8. The van der Waals surface area contributed by atoms with E-state index in [9.17, 15) is 18.0 Å². The minimum absolute atomic E-state index is 0.0270. The molecule has 11 nitrogen and oxygen atoms in total. The summed E-state index contributed by atoms with van der Waals surface area (Å²) in [5.41, 5.74) is 2.60. The van der Waals surface area contributed by atoms with E-state index >= 15 is 0 Å². The maximum atomic E-state index is 13.3. The smallest absolute Gasteiger partial charge is 0.285 e. The summed E-state index contributed by atoms with van der Waals surface area (Å²) in [6.07, 6.45) is 4.28. The molecule has 0 bridgehead atoms. The van der Waals surface area contributed by atoms with Crippen LogP contribution in [0.3, 0.4) is 0 Å². The predicted molar refractivity (Wildman–Crippen MR) is 138 cm³/mol. The van der Waals surface area contributed by atoms with Crippen molar-refractivity contribution < 1.29 is 13.2 Å². The molecule has 188 valence electrons. The zero-order valence-corrected chi connectivity index (χ0v) is 21.8. The highest BCUT2D eigenvalue weighted by molar-refractivity contribution is 7.89. The lowest BCUT2D eigenvalue weighted by atomic mass is 10.0. The number of anilines is 1. The first kappa shape index (κ1) is 25.3. The van der Waals surface area contributed by atoms with Gasteiger partial charge in [-0.05, 0) is 37.6 Å². The summed E-state index contributed by atoms with van der Waals surface area (Å²) in [5.74, 6) is -0.464. The van der Waals surface area contributed by atoms with Gasteiger partial charge in [-0.15, -0.1) is 0 Å². The average Bonchev–Trinajstić information content (AvgIpc) is 3.22. The van der Waals surface area contributed by atoms with Crippen molar-refractivity contribution >= 4 is 44.1 Å². The third-order valence-electron chi connectivity index (χ3n) is 5.51. The number of carbonyl (C=O) groups excluding carboxylic acids is 1. The summed E-state index contributed by atoms with van der Waals surface area (Å²) < 4.78 is 28.2. The van der Waals surface area contributed by atoms with Gasteiger partial charge in [0.2, 0.25) is 10.0 Å². The van der Waals surface area contributed by atoms with Gasteiger partial charge < -0.3 is 5.32 Å². The Bertz CT molecular complexity index is 1680. The minimum atomic E-state index is -3.82. The van der Waals surface area contributed by atoms with Gasteiger partial charge in [0, 0.05) is 25.9 Å². The van der Waals surface area contributed by atoms with Gasteiger partial charge in [0.1, 0.15) is 11.0 Å². The highest BCUT2D eigenvalue weighted by Gasteiger charge is 2.22. The van der Waals surface area contributed by atoms with Gasteiger partial charge in [0.15, 0.2) is 5.69 Å². The molecule has 0 spiro atoms. The maximum absolute atomic E-state index is 13.3. The Kier molecular flexibility index (Phi) is 6.58. The van der Waals surface area contributed by atoms with E-state index in [1.807, 2.05) is 24.6 Å². The van der Waals surface area contributed by atoms with Crippen LogP contribution in [0.1, 0.15) is 34.6 Å². The van der Waals surface area contributed by atoms with Gasteiger partial charge in [-0.2, -0.15) is 5.10 Å². The molecular formula is C23H24ClN7O4S. The molecule has 13 heteroatoms. The lowest BCUT2D eigenvalue weighted by Crippen LogP contribution is -2.31. The molecule has 4 rings (SSSR count). The Morgan fingerprint density at radius 3 is 2.53 bits per heavy atom. The molecule has 0 aliphatic carbocycles. The zero-order chi connectivity index (χ0) is 26.4. The van der Waals surface area contributed by atoms with Crippen molar-refractivity contribution in [3.8, 4) is 11.4 Å². The number of fused-ring (bicyclic) bond motifs is 1. The van der Waals surface area contributed by atoms with Gasteiger partial charge in [0.05, 0.1) is 40.6 Å². The highest BCUT2D eigenvalue weighted by atomic mass is 35.5. The molecule has 0 fully saturated rings. The molecule has 36 heavy (non-hydrogen) atoms. The van der Waals surface area contributed by atoms with Crippen LogP contribution in [0.5, 0.6) is 0 Å². The Labute approximate surface area is 212 Å². The van der Waals surface area contributed by atoms with Crippen molar-refractivity contribution in [2.45, 2.75) is 19.9 Å². The van der Waals surface area contributed by atoms with Gasteiger partial charge in [-0.1, -0.05) is 17.7 Å². The molecule has 3 aromatic heterocycles. The molecular weight excluding hydrogens is 506 g/mol. The zero-order valence-electron chi connectivity index (χ0n) is 20.2. The number of rotatable bonds is 6. The van der Waals surface area contributed by atoms with E-state index in [-0.39, 0.29) is 22.1 Å². The van der Waals surface area contributed by atoms with Crippen molar-refractivity contribution in [1.29, 1.82) is 0 Å². The van der Waals surface area contributed by atoms with Crippen LogP contribution in [0.2, 0.25) is 5.15 Å². The van der Waals surface area contributed by atoms with E-state index in [0.29, 0.717) is 27.9 Å². The number of hydrogen-bond acceptors (Lipinski definition) is 8. The van der Waals surface area contributed by atoms with E-state index < -0.39 is 22.0 Å². The molecule has 0 aliphatic heterocycles. The second kappa shape index (κ2) is 9.36. The molecule has 4 aromatic rings. The van der Waals surface area contributed by atoms with Gasteiger partial charge >= 0.3 is 0 Å². The van der Waals surface area contributed by atoms with Crippen LogP contribution in [-0.4, -0.2) is 44.9 Å². The fourth-order valence-corrected chi connectivity index (χ4v) is 4.51. The van der Waals surface area contributed by atoms with Crippen molar-refractivity contribution in [2.24, 2.45) is 14.1 Å². The van der Waals surface area contributed by atoms with Crippen molar-refractivity contribution in [3.05, 3.63) is 69.0 Å². The number of aryl methyl sites for hydroxylation is 2. The second-order valence-electron chi connectivity index (χ2n) is 8.55. The van der Waals surface area contributed by atoms with Crippen LogP contribution >= 0.6 is 11.6 Å². The molecule has 3 heterocycles. The number of sulfonamides is 1. The number of nitrogens with zero attached hydrogens (tertiary/aromatic N) is 5. The van der Waals surface area contributed by atoms with Gasteiger partial charge in [-0.25, -0.2) is 23.1 Å². The monoisotopic (exact) mass is 529 g/mol. The van der Waals surface area contributed by atoms with Gasteiger partial charge in [0.25, 0.3) is 11.5 Å². The third kappa shape index (κ3) is 5.09. The van der Waals surface area contributed by atoms with E-state index in [0.717, 1.165) is 11.8 Å². The van der Waals surface area contributed by atoms with Crippen LogP contribution in [-0.2, 0) is 24.1 Å². The summed E-state index contributed by atoms with van der Waals surface area (Å²) in [7, 11) is -0.380. The molecule has 1 aromatic carbocycles. The minimum Gasteiger partial charge on any atom is -0.377 e. The topological polar surface area (TPSA) is 141 Å². The molecule has 0 saturated heterocycles. The number of halogens is 1. The van der Waals surface area contributed by atoms with Crippen LogP contribution < -0.4 is 15.6 Å². The highest BCUT2D eigenvalue weighted by Crippen LogP contribution is 2.29.